The second kappa shape index (κ2) is 11.7. The number of rotatable bonds is 8. The largest absolute Gasteiger partial charge is 0.435 e. The normalized spacial score (nSPS) is 32.2. The van der Waals surface area contributed by atoms with Crippen LogP contribution in [0, 0.1) is 35.5 Å². The van der Waals surface area contributed by atoms with Crippen molar-refractivity contribution in [1.82, 2.24) is 0 Å². The summed E-state index contributed by atoms with van der Waals surface area (Å²) in [5.41, 5.74) is 0. The molecule has 0 saturated heterocycles. The van der Waals surface area contributed by atoms with E-state index in [1.165, 1.54) is 82.1 Å². The average molecular weight is 463 g/mol. The lowest BCUT2D eigenvalue weighted by Gasteiger charge is -2.45. The van der Waals surface area contributed by atoms with E-state index in [1.807, 2.05) is 0 Å². The molecule has 5 heteroatoms. The highest BCUT2D eigenvalue weighted by Crippen LogP contribution is 2.49. The minimum Gasteiger partial charge on any atom is -0.435 e. The number of hydrogen-bond acceptors (Lipinski definition) is 3. The molecule has 3 aliphatic rings. The molecule has 0 N–H and O–H groups in total. The molecule has 1 aromatic rings. The molecule has 3 nitrogen and oxygen atoms in total. The van der Waals surface area contributed by atoms with E-state index in [-0.39, 0.29) is 17.6 Å². The van der Waals surface area contributed by atoms with Crippen molar-refractivity contribution in [3.63, 3.8) is 0 Å². The van der Waals surface area contributed by atoms with E-state index in [0.717, 1.165) is 55.3 Å². The van der Waals surface area contributed by atoms with Crippen LogP contribution in [-0.2, 0) is 4.79 Å². The first-order valence-corrected chi connectivity index (χ1v) is 13.3. The van der Waals surface area contributed by atoms with E-state index in [2.05, 4.69) is 11.7 Å². The summed E-state index contributed by atoms with van der Waals surface area (Å²) in [6, 6.07) is 5.83. The summed E-state index contributed by atoms with van der Waals surface area (Å²) >= 11 is 0. The lowest BCUT2D eigenvalue weighted by atomic mass is 9.60. The average Bonchev–Trinajstić information content (AvgIpc) is 2.83. The maximum Gasteiger partial charge on any atom is 0.387 e. The molecule has 0 aliphatic heterocycles. The summed E-state index contributed by atoms with van der Waals surface area (Å²) < 4.78 is 34.4. The van der Waals surface area contributed by atoms with Crippen LogP contribution in [0.3, 0.4) is 0 Å². The van der Waals surface area contributed by atoms with Crippen LogP contribution in [0.15, 0.2) is 24.3 Å². The number of unbranched alkanes of at least 4 members (excludes halogenated alkanes) is 1. The van der Waals surface area contributed by atoms with E-state index in [0.29, 0.717) is 5.75 Å². The van der Waals surface area contributed by atoms with E-state index in [1.54, 1.807) is 0 Å². The third kappa shape index (κ3) is 6.70. The maximum absolute atomic E-state index is 12.6. The van der Waals surface area contributed by atoms with Gasteiger partial charge in [0.1, 0.15) is 11.5 Å². The Morgan fingerprint density at radius 2 is 1.42 bits per heavy atom. The van der Waals surface area contributed by atoms with E-state index >= 15 is 0 Å². The molecule has 3 saturated carbocycles. The predicted molar refractivity (Wildman–Crippen MR) is 125 cm³/mol. The van der Waals surface area contributed by atoms with Crippen LogP contribution in [0.2, 0.25) is 0 Å². The fourth-order valence-electron chi connectivity index (χ4n) is 6.92. The number of alkyl halides is 2. The molecule has 0 amide bonds. The fraction of sp³-hybridized carbons (Fsp3) is 0.750. The van der Waals surface area contributed by atoms with Gasteiger partial charge in [-0.2, -0.15) is 8.78 Å². The van der Waals surface area contributed by atoms with Gasteiger partial charge in [0.2, 0.25) is 0 Å². The zero-order chi connectivity index (χ0) is 23.2. The SMILES string of the molecule is CCCCC1CCC2CC(C3CCC(C(=O)Oc4ccc(OC(F)F)cc4)CC3)CCC2C1. The first-order chi connectivity index (χ1) is 16.0. The summed E-state index contributed by atoms with van der Waals surface area (Å²) in [4.78, 5) is 12.6. The van der Waals surface area contributed by atoms with Crippen molar-refractivity contribution >= 4 is 5.97 Å². The molecule has 3 fully saturated rings. The van der Waals surface area contributed by atoms with Gasteiger partial charge in [-0.15, -0.1) is 0 Å². The predicted octanol–water partition coefficient (Wildman–Crippen LogP) is 8.02. The molecular weight excluding hydrogens is 422 g/mol. The topological polar surface area (TPSA) is 35.5 Å². The van der Waals surface area contributed by atoms with Crippen LogP contribution >= 0.6 is 0 Å². The smallest absolute Gasteiger partial charge is 0.387 e. The zero-order valence-corrected chi connectivity index (χ0v) is 20.0. The molecule has 4 atom stereocenters. The van der Waals surface area contributed by atoms with Crippen molar-refractivity contribution in [2.45, 2.75) is 97.0 Å². The second-order valence-electron chi connectivity index (χ2n) is 10.8. The van der Waals surface area contributed by atoms with Crippen molar-refractivity contribution in [2.75, 3.05) is 0 Å². The molecule has 1 aromatic carbocycles. The summed E-state index contributed by atoms with van der Waals surface area (Å²) in [7, 11) is 0. The molecule has 184 valence electrons. The van der Waals surface area contributed by atoms with Gasteiger partial charge in [0.25, 0.3) is 0 Å². The van der Waals surface area contributed by atoms with Crippen LogP contribution in [0.1, 0.15) is 90.4 Å². The highest BCUT2D eigenvalue weighted by molar-refractivity contribution is 5.75. The number of hydrogen-bond donors (Lipinski definition) is 0. The van der Waals surface area contributed by atoms with Crippen LogP contribution in [0.4, 0.5) is 8.78 Å². The second-order valence-corrected chi connectivity index (χ2v) is 10.8. The Hall–Kier alpha value is -1.65. The Morgan fingerprint density at radius 3 is 2.09 bits per heavy atom. The number of fused-ring (bicyclic) bond motifs is 1. The van der Waals surface area contributed by atoms with Crippen molar-refractivity contribution in [3.8, 4) is 11.5 Å². The minimum atomic E-state index is -2.86. The van der Waals surface area contributed by atoms with Gasteiger partial charge in [0.15, 0.2) is 0 Å². The van der Waals surface area contributed by atoms with Crippen LogP contribution in [-0.4, -0.2) is 12.6 Å². The maximum atomic E-state index is 12.6. The molecule has 4 rings (SSSR count). The lowest BCUT2D eigenvalue weighted by Crippen LogP contribution is -2.35. The van der Waals surface area contributed by atoms with Crippen molar-refractivity contribution in [1.29, 1.82) is 0 Å². The van der Waals surface area contributed by atoms with Gasteiger partial charge >= 0.3 is 12.6 Å². The monoisotopic (exact) mass is 462 g/mol. The van der Waals surface area contributed by atoms with E-state index in [4.69, 9.17) is 4.74 Å². The van der Waals surface area contributed by atoms with Crippen molar-refractivity contribution in [2.24, 2.45) is 35.5 Å². The minimum absolute atomic E-state index is 0.0522. The fourth-order valence-corrected chi connectivity index (χ4v) is 6.92. The van der Waals surface area contributed by atoms with Gasteiger partial charge in [-0.3, -0.25) is 4.79 Å². The molecule has 0 bridgehead atoms. The Bertz CT molecular complexity index is 742. The standard InChI is InChI=1S/C28H40F2O3/c1-2-3-4-19-5-6-24-18-23(12-11-22(24)17-19)20-7-9-21(10-8-20)27(31)32-25-13-15-26(16-14-25)33-28(29)30/h13-16,19-24,28H,2-12,17-18H2,1H3. The van der Waals surface area contributed by atoms with Crippen LogP contribution in [0.5, 0.6) is 11.5 Å². The number of carbonyl (C=O) groups excluding carboxylic acids is 1. The third-order valence-electron chi connectivity index (χ3n) is 8.77. The number of esters is 1. The van der Waals surface area contributed by atoms with E-state index < -0.39 is 6.61 Å². The number of ether oxygens (including phenoxy) is 2. The zero-order valence-electron chi connectivity index (χ0n) is 20.0. The van der Waals surface area contributed by atoms with Crippen molar-refractivity contribution in [3.05, 3.63) is 24.3 Å². The molecule has 0 radical (unpaired) electrons. The first kappa shape index (κ1) is 24.5. The molecule has 0 aromatic heterocycles. The quantitative estimate of drug-likeness (QED) is 0.290. The van der Waals surface area contributed by atoms with Gasteiger partial charge in [-0.1, -0.05) is 32.6 Å². The van der Waals surface area contributed by atoms with Gasteiger partial charge in [0, 0.05) is 0 Å². The highest BCUT2D eigenvalue weighted by atomic mass is 19.3. The van der Waals surface area contributed by atoms with Crippen LogP contribution < -0.4 is 9.47 Å². The molecule has 0 heterocycles. The molecular formula is C28H40F2O3. The Morgan fingerprint density at radius 1 is 0.848 bits per heavy atom. The highest BCUT2D eigenvalue weighted by Gasteiger charge is 2.39. The summed E-state index contributed by atoms with van der Waals surface area (Å²) in [5, 5.41) is 0. The van der Waals surface area contributed by atoms with Crippen molar-refractivity contribution < 1.29 is 23.0 Å². The Balaban J connectivity index is 1.20. The first-order valence-electron chi connectivity index (χ1n) is 13.3. The Kier molecular flexibility index (Phi) is 8.65. The molecule has 33 heavy (non-hydrogen) atoms. The molecule has 3 aliphatic carbocycles. The van der Waals surface area contributed by atoms with Gasteiger partial charge < -0.3 is 9.47 Å². The third-order valence-corrected chi connectivity index (χ3v) is 8.77. The van der Waals surface area contributed by atoms with Gasteiger partial charge in [-0.25, -0.2) is 0 Å². The Labute approximate surface area is 197 Å². The van der Waals surface area contributed by atoms with Crippen LogP contribution in [0.25, 0.3) is 0 Å². The summed E-state index contributed by atoms with van der Waals surface area (Å²) in [5.74, 6) is 4.72. The van der Waals surface area contributed by atoms with E-state index in [9.17, 15) is 13.6 Å². The number of benzene rings is 1. The lowest BCUT2D eigenvalue weighted by molar-refractivity contribution is -0.140. The molecule has 4 unspecified atom stereocenters. The number of halogens is 2. The number of carbonyl (C=O) groups is 1. The van der Waals surface area contributed by atoms with Gasteiger partial charge in [-0.05, 0) is 112 Å². The summed E-state index contributed by atoms with van der Waals surface area (Å²) in [6.45, 7) is -0.555. The van der Waals surface area contributed by atoms with Gasteiger partial charge in [0.05, 0.1) is 5.92 Å². The summed E-state index contributed by atoms with van der Waals surface area (Å²) in [6.07, 6.45) is 16.8. The molecule has 0 spiro atoms.